The molecule has 0 radical (unpaired) electrons. The van der Waals surface area contributed by atoms with Crippen molar-refractivity contribution in [2.24, 2.45) is 5.92 Å². The van der Waals surface area contributed by atoms with E-state index < -0.39 is 13.3 Å². The van der Waals surface area contributed by atoms with Crippen molar-refractivity contribution in [2.75, 3.05) is 0 Å². The molecule has 0 aromatic heterocycles. The van der Waals surface area contributed by atoms with Crippen LogP contribution in [-0.4, -0.2) is 6.98 Å². The van der Waals surface area contributed by atoms with Gasteiger partial charge < -0.3 is 12.9 Å². The van der Waals surface area contributed by atoms with Crippen LogP contribution in [0, 0.1) is 5.92 Å². The quantitative estimate of drug-likeness (QED) is 0.416. The summed E-state index contributed by atoms with van der Waals surface area (Å²) in [5.41, 5.74) is 0. The molecule has 0 unspecified atom stereocenters. The zero-order chi connectivity index (χ0) is 7.61. The molecule has 0 atom stereocenters. The zero-order valence-corrected chi connectivity index (χ0v) is 9.69. The Balaban J connectivity index is 0.000001000. The largest absolute Gasteiger partial charge is 1.00 e. The van der Waals surface area contributed by atoms with Crippen molar-refractivity contribution >= 4 is 6.98 Å². The minimum Gasteiger partial charge on any atom is -0.449 e. The Bertz CT molecular complexity index is 135. The van der Waals surface area contributed by atoms with Crippen LogP contribution in [0.5, 0.6) is 0 Å². The molecule has 58 valence electrons. The van der Waals surface area contributed by atoms with Crippen LogP contribution in [0.15, 0.2) is 12.2 Å². The van der Waals surface area contributed by atoms with E-state index in [4.69, 9.17) is 0 Å². The van der Waals surface area contributed by atoms with Gasteiger partial charge in [-0.3, -0.25) is 0 Å². The standard InChI is InChI=1S/C6H9BF3.K/c8-7(9,10)5-6-3-1-2-4-6;/h1-2,6H,3-5H2;/q-1;+1. The number of hydrogen-bond acceptors (Lipinski definition) is 0. The van der Waals surface area contributed by atoms with Crippen LogP contribution in [0.4, 0.5) is 12.9 Å². The van der Waals surface area contributed by atoms with Gasteiger partial charge in [0.2, 0.25) is 0 Å². The maximum absolute atomic E-state index is 11.7. The zero-order valence-electron chi connectivity index (χ0n) is 6.56. The topological polar surface area (TPSA) is 0 Å². The fourth-order valence-electron chi connectivity index (χ4n) is 1.24. The molecule has 0 N–H and O–H groups in total. The average Bonchev–Trinajstić information content (AvgIpc) is 2.12. The van der Waals surface area contributed by atoms with Crippen LogP contribution >= 0.6 is 0 Å². The molecule has 5 heteroatoms. The molecule has 0 saturated heterocycles. The summed E-state index contributed by atoms with van der Waals surface area (Å²) in [6.45, 7) is -4.55. The molecule has 0 heterocycles. The van der Waals surface area contributed by atoms with Gasteiger partial charge in [-0.25, -0.2) is 0 Å². The Kier molecular flexibility index (Phi) is 5.64. The van der Waals surface area contributed by atoms with Crippen LogP contribution in [0.25, 0.3) is 0 Å². The molecule has 0 aliphatic heterocycles. The molecule has 0 aromatic rings. The molecule has 11 heavy (non-hydrogen) atoms. The van der Waals surface area contributed by atoms with Crippen LogP contribution in [0.2, 0.25) is 6.32 Å². The summed E-state index contributed by atoms with van der Waals surface area (Å²) in [6.07, 6.45) is 4.31. The van der Waals surface area contributed by atoms with E-state index in [1.54, 1.807) is 0 Å². The van der Waals surface area contributed by atoms with E-state index in [1.807, 2.05) is 12.2 Å². The summed E-state index contributed by atoms with van der Waals surface area (Å²) < 4.78 is 35.2. The Morgan fingerprint density at radius 1 is 1.18 bits per heavy atom. The van der Waals surface area contributed by atoms with Gasteiger partial charge in [-0.1, -0.05) is 24.4 Å². The van der Waals surface area contributed by atoms with Gasteiger partial charge >= 0.3 is 58.4 Å². The van der Waals surface area contributed by atoms with E-state index in [-0.39, 0.29) is 57.3 Å². The molecular formula is C6H9BF3K. The van der Waals surface area contributed by atoms with Crippen LogP contribution in [0.3, 0.4) is 0 Å². The summed E-state index contributed by atoms with van der Waals surface area (Å²) in [7, 11) is 0. The number of hydrogen-bond donors (Lipinski definition) is 0. The van der Waals surface area contributed by atoms with Crippen LogP contribution in [-0.2, 0) is 0 Å². The predicted octanol–water partition coefficient (Wildman–Crippen LogP) is -0.196. The van der Waals surface area contributed by atoms with Crippen molar-refractivity contribution in [3.05, 3.63) is 12.2 Å². The third-order valence-electron chi connectivity index (χ3n) is 1.71. The second-order valence-electron chi connectivity index (χ2n) is 2.75. The van der Waals surface area contributed by atoms with Crippen molar-refractivity contribution in [3.8, 4) is 0 Å². The first-order valence-corrected chi connectivity index (χ1v) is 3.44. The Morgan fingerprint density at radius 2 is 1.64 bits per heavy atom. The van der Waals surface area contributed by atoms with Gasteiger partial charge in [-0.05, 0) is 12.8 Å². The second kappa shape index (κ2) is 5.07. The smallest absolute Gasteiger partial charge is 0.449 e. The molecule has 1 rings (SSSR count). The van der Waals surface area contributed by atoms with Gasteiger partial charge in [-0.2, -0.15) is 0 Å². The molecule has 1 aliphatic rings. The Hall–Kier alpha value is 1.23. The van der Waals surface area contributed by atoms with Crippen LogP contribution < -0.4 is 51.4 Å². The molecule has 0 aromatic carbocycles. The minimum atomic E-state index is -4.55. The maximum atomic E-state index is 11.7. The van der Waals surface area contributed by atoms with E-state index >= 15 is 0 Å². The maximum Gasteiger partial charge on any atom is 1.00 e. The number of rotatable bonds is 2. The first-order valence-electron chi connectivity index (χ1n) is 3.44. The van der Waals surface area contributed by atoms with Gasteiger partial charge in [0.25, 0.3) is 0 Å². The van der Waals surface area contributed by atoms with E-state index in [2.05, 4.69) is 0 Å². The van der Waals surface area contributed by atoms with Crippen molar-refractivity contribution in [1.82, 2.24) is 0 Å². The van der Waals surface area contributed by atoms with E-state index in [1.165, 1.54) is 0 Å². The molecule has 0 saturated carbocycles. The van der Waals surface area contributed by atoms with E-state index in [0.717, 1.165) is 0 Å². The molecule has 0 amide bonds. The average molecular weight is 188 g/mol. The van der Waals surface area contributed by atoms with Crippen LogP contribution in [0.1, 0.15) is 12.8 Å². The molecule has 0 spiro atoms. The Morgan fingerprint density at radius 3 is 2.00 bits per heavy atom. The van der Waals surface area contributed by atoms with Crippen molar-refractivity contribution in [1.29, 1.82) is 0 Å². The molecule has 1 aliphatic carbocycles. The summed E-state index contributed by atoms with van der Waals surface area (Å²) in [6, 6.07) is 0. The first kappa shape index (κ1) is 12.2. The molecule has 0 fully saturated rings. The van der Waals surface area contributed by atoms with Gasteiger partial charge in [0.15, 0.2) is 0 Å². The molecule has 0 nitrogen and oxygen atoms in total. The van der Waals surface area contributed by atoms with Crippen molar-refractivity contribution < 1.29 is 64.3 Å². The van der Waals surface area contributed by atoms with Gasteiger partial charge in [0.1, 0.15) is 0 Å². The third kappa shape index (κ3) is 5.47. The summed E-state index contributed by atoms with van der Waals surface area (Å²) in [5, 5.41) is 0. The number of allylic oxidation sites excluding steroid dienone is 2. The summed E-state index contributed by atoms with van der Waals surface area (Å²) >= 11 is 0. The predicted molar refractivity (Wildman–Crippen MR) is 35.7 cm³/mol. The molecule has 0 bridgehead atoms. The van der Waals surface area contributed by atoms with E-state index in [9.17, 15) is 12.9 Å². The SMILES string of the molecule is F[B-](F)(F)CC1CC=CC1.[K+]. The molecular weight excluding hydrogens is 179 g/mol. The monoisotopic (exact) mass is 188 g/mol. The van der Waals surface area contributed by atoms with E-state index in [0.29, 0.717) is 12.8 Å². The second-order valence-corrected chi connectivity index (χ2v) is 2.75. The van der Waals surface area contributed by atoms with Crippen molar-refractivity contribution in [2.45, 2.75) is 19.2 Å². The van der Waals surface area contributed by atoms with Gasteiger partial charge in [0, 0.05) is 0 Å². The summed E-state index contributed by atoms with van der Waals surface area (Å²) in [4.78, 5) is 0. The van der Waals surface area contributed by atoms with Gasteiger partial charge in [0.05, 0.1) is 0 Å². The fraction of sp³-hybridized carbons (Fsp3) is 0.667. The first-order chi connectivity index (χ1) is 4.58. The Labute approximate surface area is 107 Å². The summed E-state index contributed by atoms with van der Waals surface area (Å²) in [5.74, 6) is -0.153. The van der Waals surface area contributed by atoms with Crippen molar-refractivity contribution in [3.63, 3.8) is 0 Å². The number of halogens is 3. The fourth-order valence-corrected chi connectivity index (χ4v) is 1.24. The minimum absolute atomic E-state index is 0. The third-order valence-corrected chi connectivity index (χ3v) is 1.71. The normalized spacial score (nSPS) is 18.5. The van der Waals surface area contributed by atoms with Gasteiger partial charge in [-0.15, -0.1) is 0 Å².